The van der Waals surface area contributed by atoms with Gasteiger partial charge in [0.2, 0.25) is 11.8 Å². The minimum absolute atomic E-state index is 0.0579. The molecule has 1 atom stereocenters. The molecule has 192 valence electrons. The fraction of sp³-hybridized carbons (Fsp3) is 0.520. The normalized spacial score (nSPS) is 16.6. The van der Waals surface area contributed by atoms with E-state index in [0.29, 0.717) is 18.6 Å². The second-order valence-corrected chi connectivity index (χ2v) is 7.76. The average Bonchev–Trinajstić information content (AvgIpc) is 3.09. The first-order valence-corrected chi connectivity index (χ1v) is 11.1. The monoisotopic (exact) mass is 479 g/mol. The molecule has 2 N–H and O–H groups in total. The van der Waals surface area contributed by atoms with Crippen LogP contribution in [0.25, 0.3) is 0 Å². The van der Waals surface area contributed by atoms with Crippen molar-refractivity contribution in [3.8, 4) is 0 Å². The number of amides is 2. The molecule has 0 radical (unpaired) electrons. The van der Waals surface area contributed by atoms with Gasteiger partial charge in [0.25, 0.3) is 0 Å². The first kappa shape index (κ1) is 33.0. The molecule has 9 heteroatoms. The van der Waals surface area contributed by atoms with E-state index in [2.05, 4.69) is 31.6 Å². The van der Waals surface area contributed by atoms with Gasteiger partial charge in [0, 0.05) is 37.7 Å². The second kappa shape index (κ2) is 20.4. The molecule has 0 saturated carbocycles. The summed E-state index contributed by atoms with van der Waals surface area (Å²) in [5.74, 6) is -0.883. The zero-order valence-electron chi connectivity index (χ0n) is 20.9. The van der Waals surface area contributed by atoms with Gasteiger partial charge in [-0.1, -0.05) is 32.2 Å². The summed E-state index contributed by atoms with van der Waals surface area (Å²) in [6, 6.07) is 0. The zero-order chi connectivity index (χ0) is 26.5. The molecule has 9 nitrogen and oxygen atoms in total. The van der Waals surface area contributed by atoms with Crippen LogP contribution in [-0.2, 0) is 23.9 Å². The molecular weight excluding hydrogens is 438 g/mol. The van der Waals surface area contributed by atoms with Gasteiger partial charge in [-0.2, -0.15) is 0 Å². The third-order valence-electron chi connectivity index (χ3n) is 4.49. The van der Waals surface area contributed by atoms with Crippen LogP contribution in [0.4, 0.5) is 0 Å². The maximum atomic E-state index is 11.1. The quantitative estimate of drug-likeness (QED) is 0.328. The lowest BCUT2D eigenvalue weighted by Gasteiger charge is -2.09. The number of hydrogen-bond acceptors (Lipinski definition) is 6. The lowest BCUT2D eigenvalue weighted by molar-refractivity contribution is -0.139. The highest BCUT2D eigenvalue weighted by Crippen LogP contribution is 2.12. The molecule has 2 saturated heterocycles. The number of ether oxygens (including phenoxy) is 1. The SMILES string of the molecule is C=C(C)C(=O)OCCN(C)C.C=CC(=O)O.C=CC1CCCCNC1=O.C=CN1CCCC1=O. The van der Waals surface area contributed by atoms with E-state index in [0.717, 1.165) is 51.4 Å². The van der Waals surface area contributed by atoms with Gasteiger partial charge in [0.05, 0.1) is 5.92 Å². The Balaban J connectivity index is 0. The fourth-order valence-corrected chi connectivity index (χ4v) is 2.49. The minimum atomic E-state index is -0.981. The Bertz CT molecular complexity index is 703. The summed E-state index contributed by atoms with van der Waals surface area (Å²) >= 11 is 0. The fourth-order valence-electron chi connectivity index (χ4n) is 2.49. The molecule has 0 aromatic carbocycles. The van der Waals surface area contributed by atoms with Crippen LogP contribution in [0.3, 0.4) is 0 Å². The Morgan fingerprint density at radius 1 is 1.21 bits per heavy atom. The summed E-state index contributed by atoms with van der Waals surface area (Å²) < 4.78 is 4.83. The molecule has 2 heterocycles. The van der Waals surface area contributed by atoms with Crippen LogP contribution in [0.5, 0.6) is 0 Å². The summed E-state index contributed by atoms with van der Waals surface area (Å²) in [6.45, 7) is 18.1. The summed E-state index contributed by atoms with van der Waals surface area (Å²) in [6.07, 6.45) is 9.06. The molecule has 1 unspecified atom stereocenters. The van der Waals surface area contributed by atoms with E-state index < -0.39 is 5.97 Å². The topological polar surface area (TPSA) is 116 Å². The molecule has 2 rings (SSSR count). The summed E-state index contributed by atoms with van der Waals surface area (Å²) in [7, 11) is 3.85. The number of likely N-dealkylation sites (tertiary alicyclic amines) is 1. The van der Waals surface area contributed by atoms with E-state index in [1.165, 1.54) is 0 Å². The highest BCUT2D eigenvalue weighted by atomic mass is 16.5. The zero-order valence-corrected chi connectivity index (χ0v) is 20.9. The van der Waals surface area contributed by atoms with E-state index >= 15 is 0 Å². The largest absolute Gasteiger partial charge is 0.478 e. The molecule has 0 aromatic rings. The number of rotatable bonds is 7. The number of carboxylic acid groups (broad SMARTS) is 1. The number of likely N-dealkylation sites (N-methyl/N-ethyl adjacent to an activating group) is 1. The van der Waals surface area contributed by atoms with E-state index in [1.54, 1.807) is 24.1 Å². The molecule has 0 aliphatic carbocycles. The third kappa shape index (κ3) is 18.4. The Kier molecular flexibility index (Phi) is 19.8. The van der Waals surface area contributed by atoms with Gasteiger partial charge in [-0.15, -0.1) is 6.58 Å². The van der Waals surface area contributed by atoms with Gasteiger partial charge < -0.3 is 25.0 Å². The summed E-state index contributed by atoms with van der Waals surface area (Å²) in [4.78, 5) is 45.4. The molecule has 2 aliphatic heterocycles. The number of carboxylic acids is 1. The molecule has 34 heavy (non-hydrogen) atoms. The highest BCUT2D eigenvalue weighted by molar-refractivity contribution is 5.86. The first-order chi connectivity index (χ1) is 16.0. The van der Waals surface area contributed by atoms with Gasteiger partial charge in [-0.25, -0.2) is 9.59 Å². The molecule has 2 aliphatic rings. The number of carbonyl (C=O) groups excluding carboxylic acids is 3. The molecule has 2 amide bonds. The van der Waals surface area contributed by atoms with Crippen molar-refractivity contribution in [2.24, 2.45) is 5.92 Å². The minimum Gasteiger partial charge on any atom is -0.478 e. The van der Waals surface area contributed by atoms with Crippen molar-refractivity contribution >= 4 is 23.8 Å². The predicted molar refractivity (Wildman–Crippen MR) is 134 cm³/mol. The van der Waals surface area contributed by atoms with E-state index in [4.69, 9.17) is 9.84 Å². The number of nitrogens with one attached hydrogen (secondary N) is 1. The summed E-state index contributed by atoms with van der Waals surface area (Å²) in [5, 5.41) is 10.4. The molecule has 0 aromatic heterocycles. The van der Waals surface area contributed by atoms with Crippen molar-refractivity contribution in [2.75, 3.05) is 40.3 Å². The van der Waals surface area contributed by atoms with Crippen molar-refractivity contribution in [2.45, 2.75) is 39.0 Å². The number of hydrogen-bond donors (Lipinski definition) is 2. The smallest absolute Gasteiger partial charge is 0.333 e. The number of carbonyl (C=O) groups is 4. The predicted octanol–water partition coefficient (Wildman–Crippen LogP) is 2.77. The third-order valence-corrected chi connectivity index (χ3v) is 4.49. The molecule has 0 bridgehead atoms. The van der Waals surface area contributed by atoms with Crippen molar-refractivity contribution in [1.29, 1.82) is 0 Å². The van der Waals surface area contributed by atoms with Gasteiger partial charge in [0.15, 0.2) is 0 Å². The van der Waals surface area contributed by atoms with Crippen molar-refractivity contribution in [3.63, 3.8) is 0 Å². The Morgan fingerprint density at radius 2 is 1.82 bits per heavy atom. The lowest BCUT2D eigenvalue weighted by atomic mass is 10.0. The first-order valence-electron chi connectivity index (χ1n) is 11.1. The van der Waals surface area contributed by atoms with Crippen LogP contribution in [-0.4, -0.2) is 79.0 Å². The van der Waals surface area contributed by atoms with Gasteiger partial charge >= 0.3 is 11.9 Å². The van der Waals surface area contributed by atoms with Crippen LogP contribution in [0.2, 0.25) is 0 Å². The van der Waals surface area contributed by atoms with Crippen LogP contribution in [0, 0.1) is 5.92 Å². The van der Waals surface area contributed by atoms with E-state index in [1.807, 2.05) is 19.0 Å². The molecular formula is C25H41N3O6. The lowest BCUT2D eigenvalue weighted by Crippen LogP contribution is -2.27. The van der Waals surface area contributed by atoms with E-state index in [9.17, 15) is 19.2 Å². The van der Waals surface area contributed by atoms with Crippen LogP contribution in [0.15, 0.2) is 50.2 Å². The maximum Gasteiger partial charge on any atom is 0.333 e. The average molecular weight is 480 g/mol. The van der Waals surface area contributed by atoms with Crippen molar-refractivity contribution in [3.05, 3.63) is 50.2 Å². The van der Waals surface area contributed by atoms with Gasteiger partial charge in [-0.05, 0) is 46.5 Å². The van der Waals surface area contributed by atoms with Crippen LogP contribution < -0.4 is 5.32 Å². The van der Waals surface area contributed by atoms with Gasteiger partial charge in [0.1, 0.15) is 6.61 Å². The van der Waals surface area contributed by atoms with E-state index in [-0.39, 0.29) is 23.7 Å². The van der Waals surface area contributed by atoms with Crippen molar-refractivity contribution in [1.82, 2.24) is 15.1 Å². The number of nitrogens with zero attached hydrogens (tertiary/aromatic N) is 2. The summed E-state index contributed by atoms with van der Waals surface area (Å²) in [5.41, 5.74) is 0.448. The highest BCUT2D eigenvalue weighted by Gasteiger charge is 2.16. The standard InChI is InChI=1S/C8H15NO2.C8H13NO.C6H9NO.C3H4O2/c1-7(2)8(10)11-6-5-9(3)4;1-2-7-5-3-4-6-9-8(7)10;1-2-7-5-3-4-6(7)8;1-2-3(4)5/h1,5-6H2,2-4H3;2,7H,1,3-6H2,(H,9,10);2H,1,3-5H2;2H,1H2,(H,4,5). The van der Waals surface area contributed by atoms with Crippen LogP contribution >= 0.6 is 0 Å². The van der Waals surface area contributed by atoms with Crippen LogP contribution in [0.1, 0.15) is 39.0 Å². The molecule has 2 fully saturated rings. The van der Waals surface area contributed by atoms with Gasteiger partial charge in [-0.3, -0.25) is 9.59 Å². The molecule has 0 spiro atoms. The second-order valence-electron chi connectivity index (χ2n) is 7.76. The maximum absolute atomic E-state index is 11.1. The Morgan fingerprint density at radius 3 is 2.21 bits per heavy atom. The Labute approximate surface area is 203 Å². The Hall–Kier alpha value is -3.20. The number of esters is 1. The van der Waals surface area contributed by atoms with Crippen molar-refractivity contribution < 1.29 is 29.0 Å². The number of aliphatic carboxylic acids is 1.